The van der Waals surface area contributed by atoms with Crippen LogP contribution in [-0.2, 0) is 0 Å². The van der Waals surface area contributed by atoms with Gasteiger partial charge in [0.2, 0.25) is 0 Å². The number of aryl methyl sites for hydroxylation is 1. The molecule has 4 heteroatoms. The van der Waals surface area contributed by atoms with Crippen molar-refractivity contribution in [2.45, 2.75) is 27.7 Å². The molecule has 2 amide bonds. The first-order valence-corrected chi connectivity index (χ1v) is 8.24. The molecule has 0 saturated carbocycles. The lowest BCUT2D eigenvalue weighted by atomic mass is 10.0. The molecule has 0 saturated heterocycles. The van der Waals surface area contributed by atoms with E-state index >= 15 is 0 Å². The van der Waals surface area contributed by atoms with E-state index in [1.807, 2.05) is 45.9 Å². The summed E-state index contributed by atoms with van der Waals surface area (Å²) in [7, 11) is 0. The summed E-state index contributed by atoms with van der Waals surface area (Å²) in [5.74, 6) is -0.133. The van der Waals surface area contributed by atoms with Crippen LogP contribution in [0.3, 0.4) is 0 Å². The highest BCUT2D eigenvalue weighted by molar-refractivity contribution is 6.05. The van der Waals surface area contributed by atoms with E-state index < -0.39 is 0 Å². The summed E-state index contributed by atoms with van der Waals surface area (Å²) in [6.07, 6.45) is 0. The summed E-state index contributed by atoms with van der Waals surface area (Å²) in [6, 6.07) is 12.7. The summed E-state index contributed by atoms with van der Waals surface area (Å²) < 4.78 is 0. The van der Waals surface area contributed by atoms with Gasteiger partial charge < -0.3 is 10.2 Å². The van der Waals surface area contributed by atoms with E-state index in [9.17, 15) is 9.59 Å². The van der Waals surface area contributed by atoms with Crippen LogP contribution in [0.2, 0.25) is 0 Å². The van der Waals surface area contributed by atoms with Crippen LogP contribution in [0.25, 0.3) is 0 Å². The Bertz CT molecular complexity index is 732. The molecule has 0 atom stereocenters. The van der Waals surface area contributed by atoms with E-state index in [4.69, 9.17) is 0 Å². The zero-order valence-electron chi connectivity index (χ0n) is 14.7. The van der Waals surface area contributed by atoms with Crippen molar-refractivity contribution in [2.24, 2.45) is 0 Å². The number of nitrogens with one attached hydrogen (secondary N) is 1. The van der Waals surface area contributed by atoms with Gasteiger partial charge in [0.15, 0.2) is 0 Å². The molecule has 0 aliphatic carbocycles. The summed E-state index contributed by atoms with van der Waals surface area (Å²) in [4.78, 5) is 26.5. The van der Waals surface area contributed by atoms with Crippen molar-refractivity contribution in [2.75, 3.05) is 18.4 Å². The van der Waals surface area contributed by atoms with Crippen molar-refractivity contribution in [3.8, 4) is 0 Å². The predicted molar refractivity (Wildman–Crippen MR) is 97.6 cm³/mol. The molecule has 126 valence electrons. The molecule has 24 heavy (non-hydrogen) atoms. The highest BCUT2D eigenvalue weighted by atomic mass is 16.2. The van der Waals surface area contributed by atoms with E-state index in [0.29, 0.717) is 29.9 Å². The van der Waals surface area contributed by atoms with Gasteiger partial charge in [-0.3, -0.25) is 9.59 Å². The number of carbonyl (C=O) groups is 2. The monoisotopic (exact) mass is 324 g/mol. The second kappa shape index (κ2) is 7.77. The first-order valence-electron chi connectivity index (χ1n) is 8.24. The minimum absolute atomic E-state index is 0.00686. The number of benzene rings is 2. The van der Waals surface area contributed by atoms with Crippen molar-refractivity contribution >= 4 is 17.5 Å². The molecule has 0 fully saturated rings. The number of rotatable bonds is 5. The molecule has 0 unspecified atom stereocenters. The Kier molecular flexibility index (Phi) is 5.74. The molecule has 2 aromatic carbocycles. The standard InChI is InChI=1S/C20H24N2O2/c1-5-22(6-2)20(24)16-10-12-17(13-11-16)21-19(23)18-9-7-8-14(3)15(18)4/h7-13H,5-6H2,1-4H3,(H,21,23). The third kappa shape index (κ3) is 3.82. The summed E-state index contributed by atoms with van der Waals surface area (Å²) in [5.41, 5.74) is 4.03. The highest BCUT2D eigenvalue weighted by Crippen LogP contribution is 2.16. The number of anilines is 1. The topological polar surface area (TPSA) is 49.4 Å². The molecule has 0 aliphatic rings. The number of nitrogens with zero attached hydrogens (tertiary/aromatic N) is 1. The van der Waals surface area contributed by atoms with Gasteiger partial charge in [-0.25, -0.2) is 0 Å². The van der Waals surface area contributed by atoms with Crippen molar-refractivity contribution in [3.63, 3.8) is 0 Å². The number of hydrogen-bond donors (Lipinski definition) is 1. The van der Waals surface area contributed by atoms with Crippen molar-refractivity contribution in [3.05, 3.63) is 64.7 Å². The minimum Gasteiger partial charge on any atom is -0.339 e. The highest BCUT2D eigenvalue weighted by Gasteiger charge is 2.13. The largest absolute Gasteiger partial charge is 0.339 e. The van der Waals surface area contributed by atoms with Gasteiger partial charge in [-0.15, -0.1) is 0 Å². The van der Waals surface area contributed by atoms with Gasteiger partial charge in [0, 0.05) is 29.9 Å². The molecule has 0 heterocycles. The number of hydrogen-bond acceptors (Lipinski definition) is 2. The maximum absolute atomic E-state index is 12.4. The Labute approximate surface area is 143 Å². The van der Waals surface area contributed by atoms with Crippen LogP contribution in [0.5, 0.6) is 0 Å². The molecule has 2 aromatic rings. The average Bonchev–Trinajstić information content (AvgIpc) is 2.59. The van der Waals surface area contributed by atoms with Gasteiger partial charge in [-0.1, -0.05) is 12.1 Å². The maximum Gasteiger partial charge on any atom is 0.255 e. The molecule has 2 rings (SSSR count). The molecule has 4 nitrogen and oxygen atoms in total. The van der Waals surface area contributed by atoms with Crippen LogP contribution in [0.4, 0.5) is 5.69 Å². The van der Waals surface area contributed by atoms with Crippen LogP contribution >= 0.6 is 0 Å². The van der Waals surface area contributed by atoms with E-state index in [0.717, 1.165) is 11.1 Å². The third-order valence-corrected chi connectivity index (χ3v) is 4.29. The van der Waals surface area contributed by atoms with Gasteiger partial charge >= 0.3 is 0 Å². The average molecular weight is 324 g/mol. The van der Waals surface area contributed by atoms with Crippen LogP contribution in [0, 0.1) is 13.8 Å². The number of carbonyl (C=O) groups excluding carboxylic acids is 2. The molecule has 1 N–H and O–H groups in total. The fourth-order valence-electron chi connectivity index (χ4n) is 2.59. The van der Waals surface area contributed by atoms with Gasteiger partial charge in [0.25, 0.3) is 11.8 Å². The SMILES string of the molecule is CCN(CC)C(=O)c1ccc(NC(=O)c2cccc(C)c2C)cc1. The van der Waals surface area contributed by atoms with Gasteiger partial charge in [0.05, 0.1) is 0 Å². The molecule has 0 radical (unpaired) electrons. The fraction of sp³-hybridized carbons (Fsp3) is 0.300. The normalized spacial score (nSPS) is 10.3. The first kappa shape index (κ1) is 17.7. The Balaban J connectivity index is 2.13. The fourth-order valence-corrected chi connectivity index (χ4v) is 2.59. The molecular weight excluding hydrogens is 300 g/mol. The molecular formula is C20H24N2O2. The Morgan fingerprint density at radius 2 is 1.58 bits per heavy atom. The van der Waals surface area contributed by atoms with Crippen molar-refractivity contribution in [1.29, 1.82) is 0 Å². The summed E-state index contributed by atoms with van der Waals surface area (Å²) in [6.45, 7) is 9.21. The molecule has 0 bridgehead atoms. The Hall–Kier alpha value is -2.62. The third-order valence-electron chi connectivity index (χ3n) is 4.29. The number of amides is 2. The lowest BCUT2D eigenvalue weighted by Gasteiger charge is -2.18. The smallest absolute Gasteiger partial charge is 0.255 e. The minimum atomic E-state index is -0.140. The van der Waals surface area contributed by atoms with Crippen molar-refractivity contribution < 1.29 is 9.59 Å². The quantitative estimate of drug-likeness (QED) is 0.902. The summed E-state index contributed by atoms with van der Waals surface area (Å²) in [5, 5.41) is 2.89. The van der Waals surface area contributed by atoms with Crippen LogP contribution in [-0.4, -0.2) is 29.8 Å². The van der Waals surface area contributed by atoms with Crippen molar-refractivity contribution in [1.82, 2.24) is 4.90 Å². The molecule has 0 aromatic heterocycles. The maximum atomic E-state index is 12.4. The molecule has 0 aliphatic heterocycles. The first-order chi connectivity index (χ1) is 11.5. The van der Waals surface area contributed by atoms with Gasteiger partial charge in [-0.05, 0) is 69.2 Å². The van der Waals surface area contributed by atoms with Crippen LogP contribution < -0.4 is 5.32 Å². The zero-order valence-corrected chi connectivity index (χ0v) is 14.7. The second-order valence-electron chi connectivity index (χ2n) is 5.76. The van der Waals surface area contributed by atoms with Gasteiger partial charge in [-0.2, -0.15) is 0 Å². The molecule has 0 spiro atoms. The Morgan fingerprint density at radius 3 is 2.17 bits per heavy atom. The van der Waals surface area contributed by atoms with Gasteiger partial charge in [0.1, 0.15) is 0 Å². The van der Waals surface area contributed by atoms with Crippen LogP contribution in [0.15, 0.2) is 42.5 Å². The van der Waals surface area contributed by atoms with E-state index in [-0.39, 0.29) is 11.8 Å². The Morgan fingerprint density at radius 1 is 0.958 bits per heavy atom. The second-order valence-corrected chi connectivity index (χ2v) is 5.76. The van der Waals surface area contributed by atoms with E-state index in [2.05, 4.69) is 5.32 Å². The zero-order chi connectivity index (χ0) is 17.7. The lowest BCUT2D eigenvalue weighted by molar-refractivity contribution is 0.0773. The predicted octanol–water partition coefficient (Wildman–Crippen LogP) is 4.04. The van der Waals surface area contributed by atoms with E-state index in [1.54, 1.807) is 29.2 Å². The lowest BCUT2D eigenvalue weighted by Crippen LogP contribution is -2.30. The summed E-state index contributed by atoms with van der Waals surface area (Å²) >= 11 is 0. The van der Waals surface area contributed by atoms with Crippen LogP contribution in [0.1, 0.15) is 45.7 Å². The van der Waals surface area contributed by atoms with E-state index in [1.165, 1.54) is 0 Å².